The molecule has 156 valence electrons. The third kappa shape index (κ3) is 4.09. The monoisotopic (exact) mass is 435 g/mol. The fourth-order valence-electron chi connectivity index (χ4n) is 3.10. The Bertz CT molecular complexity index is 1290. The fraction of sp³-hybridized carbons (Fsp3) is 0.200. The van der Waals surface area contributed by atoms with Crippen molar-refractivity contribution in [2.75, 3.05) is 12.6 Å². The van der Waals surface area contributed by atoms with Crippen LogP contribution in [0.25, 0.3) is 22.8 Å². The summed E-state index contributed by atoms with van der Waals surface area (Å²) in [6, 6.07) is 9.45. The van der Waals surface area contributed by atoms with Crippen LogP contribution in [0.2, 0.25) is 5.02 Å². The summed E-state index contributed by atoms with van der Waals surface area (Å²) in [5, 5.41) is 22.3. The van der Waals surface area contributed by atoms with Crippen LogP contribution in [0.15, 0.2) is 36.7 Å². The zero-order chi connectivity index (χ0) is 22.0. The predicted molar refractivity (Wildman–Crippen MR) is 114 cm³/mol. The summed E-state index contributed by atoms with van der Waals surface area (Å²) in [5.41, 5.74) is 6.40. The Balaban J connectivity index is 1.78. The molecule has 10 nitrogen and oxygen atoms in total. The van der Waals surface area contributed by atoms with Gasteiger partial charge in [0.1, 0.15) is 16.4 Å². The molecule has 4 rings (SSSR count). The van der Waals surface area contributed by atoms with Crippen LogP contribution < -0.4 is 5.48 Å². The second kappa shape index (κ2) is 8.51. The largest absolute Gasteiger partial charge is 0.278 e. The maximum Gasteiger partial charge on any atom is 0.173 e. The van der Waals surface area contributed by atoms with Gasteiger partial charge in [0.25, 0.3) is 0 Å². The standard InChI is InChI=1S/C20H18ClN9O/c1-12-13(9-22)5-4-6-15(12)19-23-18(17(21)20(24-19)27-31-3)16-11-30(28-25-16)10-14-7-8-29(2)26-14/h4-8,11H,10H2,1-3H3,(H,23,24,27). The Morgan fingerprint density at radius 1 is 1.26 bits per heavy atom. The molecule has 11 heteroatoms. The normalized spacial score (nSPS) is 10.8. The lowest BCUT2D eigenvalue weighted by Crippen LogP contribution is -2.05. The highest BCUT2D eigenvalue weighted by Gasteiger charge is 2.20. The second-order valence-electron chi connectivity index (χ2n) is 6.74. The van der Waals surface area contributed by atoms with Crippen molar-refractivity contribution in [2.24, 2.45) is 7.05 Å². The molecule has 0 atom stereocenters. The molecule has 0 aliphatic carbocycles. The molecule has 0 bridgehead atoms. The molecule has 0 saturated carbocycles. The molecule has 31 heavy (non-hydrogen) atoms. The van der Waals surface area contributed by atoms with Gasteiger partial charge in [-0.25, -0.2) is 20.1 Å². The van der Waals surface area contributed by atoms with Crippen molar-refractivity contribution in [1.29, 1.82) is 5.26 Å². The van der Waals surface area contributed by atoms with E-state index in [0.29, 0.717) is 34.9 Å². The summed E-state index contributed by atoms with van der Waals surface area (Å²) in [6.07, 6.45) is 3.60. The number of anilines is 1. The van der Waals surface area contributed by atoms with Gasteiger partial charge in [0.2, 0.25) is 0 Å². The second-order valence-corrected chi connectivity index (χ2v) is 7.11. The van der Waals surface area contributed by atoms with E-state index in [4.69, 9.17) is 16.4 Å². The van der Waals surface area contributed by atoms with E-state index in [2.05, 4.69) is 36.9 Å². The summed E-state index contributed by atoms with van der Waals surface area (Å²) in [6.45, 7) is 2.30. The Labute approximate surface area is 183 Å². The van der Waals surface area contributed by atoms with Crippen LogP contribution in [-0.2, 0) is 18.4 Å². The average molecular weight is 436 g/mol. The third-order valence-corrected chi connectivity index (χ3v) is 4.98. The van der Waals surface area contributed by atoms with Crippen LogP contribution in [-0.4, -0.2) is 41.9 Å². The first-order valence-electron chi connectivity index (χ1n) is 9.25. The highest BCUT2D eigenvalue weighted by molar-refractivity contribution is 6.35. The Hall–Kier alpha value is -3.81. The SMILES string of the molecule is CONc1nc(-c2cccc(C#N)c2C)nc(-c2cn(Cc3ccn(C)n3)nn2)c1Cl. The average Bonchev–Trinajstić information content (AvgIpc) is 3.39. The van der Waals surface area contributed by atoms with E-state index < -0.39 is 0 Å². The molecule has 0 unspecified atom stereocenters. The summed E-state index contributed by atoms with van der Waals surface area (Å²) in [5.74, 6) is 0.665. The molecule has 4 aromatic rings. The molecule has 0 spiro atoms. The number of nitrogens with one attached hydrogen (secondary N) is 1. The lowest BCUT2D eigenvalue weighted by atomic mass is 10.0. The van der Waals surface area contributed by atoms with Gasteiger partial charge in [-0.1, -0.05) is 28.9 Å². The summed E-state index contributed by atoms with van der Waals surface area (Å²) >= 11 is 6.54. The summed E-state index contributed by atoms with van der Waals surface area (Å²) in [4.78, 5) is 14.1. The van der Waals surface area contributed by atoms with E-state index in [0.717, 1.165) is 11.3 Å². The van der Waals surface area contributed by atoms with Crippen LogP contribution in [0.5, 0.6) is 0 Å². The minimum atomic E-state index is 0.240. The Morgan fingerprint density at radius 2 is 2.10 bits per heavy atom. The van der Waals surface area contributed by atoms with Crippen molar-refractivity contribution in [3.8, 4) is 28.8 Å². The van der Waals surface area contributed by atoms with Crippen molar-refractivity contribution in [3.63, 3.8) is 0 Å². The number of aryl methyl sites for hydroxylation is 1. The van der Waals surface area contributed by atoms with E-state index in [-0.39, 0.29) is 10.8 Å². The molecule has 1 N–H and O–H groups in total. The van der Waals surface area contributed by atoms with Gasteiger partial charge in [-0.3, -0.25) is 9.52 Å². The molecule has 3 aromatic heterocycles. The van der Waals surface area contributed by atoms with E-state index in [9.17, 15) is 5.26 Å². The van der Waals surface area contributed by atoms with Gasteiger partial charge < -0.3 is 0 Å². The van der Waals surface area contributed by atoms with Gasteiger partial charge >= 0.3 is 0 Å². The highest BCUT2D eigenvalue weighted by Crippen LogP contribution is 2.33. The minimum absolute atomic E-state index is 0.240. The van der Waals surface area contributed by atoms with Gasteiger partial charge in [0, 0.05) is 18.8 Å². The van der Waals surface area contributed by atoms with E-state index in [1.54, 1.807) is 27.7 Å². The van der Waals surface area contributed by atoms with Crippen LogP contribution in [0.3, 0.4) is 0 Å². The Morgan fingerprint density at radius 3 is 2.81 bits per heavy atom. The molecule has 0 fully saturated rings. The number of hydrogen-bond donors (Lipinski definition) is 1. The van der Waals surface area contributed by atoms with Crippen LogP contribution in [0, 0.1) is 18.3 Å². The fourth-order valence-corrected chi connectivity index (χ4v) is 3.32. The van der Waals surface area contributed by atoms with Crippen molar-refractivity contribution in [2.45, 2.75) is 13.5 Å². The van der Waals surface area contributed by atoms with Crippen LogP contribution in [0.4, 0.5) is 5.82 Å². The minimum Gasteiger partial charge on any atom is -0.278 e. The summed E-state index contributed by atoms with van der Waals surface area (Å²) in [7, 11) is 3.31. The molecule has 0 amide bonds. The third-order valence-electron chi connectivity index (χ3n) is 4.62. The lowest BCUT2D eigenvalue weighted by Gasteiger charge is -2.12. The van der Waals surface area contributed by atoms with Crippen LogP contribution in [0.1, 0.15) is 16.8 Å². The number of halogens is 1. The van der Waals surface area contributed by atoms with Gasteiger partial charge in [-0.2, -0.15) is 10.4 Å². The van der Waals surface area contributed by atoms with Crippen LogP contribution >= 0.6 is 11.6 Å². The molecule has 0 saturated heterocycles. The smallest absolute Gasteiger partial charge is 0.173 e. The number of benzene rings is 1. The van der Waals surface area contributed by atoms with Gasteiger partial charge in [-0.15, -0.1) is 5.10 Å². The van der Waals surface area contributed by atoms with Crippen molar-refractivity contribution >= 4 is 17.4 Å². The van der Waals surface area contributed by atoms with E-state index in [1.807, 2.05) is 32.3 Å². The molecule has 1 aromatic carbocycles. The topological polar surface area (TPSA) is 119 Å². The number of rotatable bonds is 6. The molecular formula is C20H18ClN9O. The maximum atomic E-state index is 9.36. The molecule has 0 aliphatic heterocycles. The first-order chi connectivity index (χ1) is 15.0. The zero-order valence-corrected chi connectivity index (χ0v) is 17.8. The lowest BCUT2D eigenvalue weighted by molar-refractivity contribution is 0.269. The molecule has 0 radical (unpaired) electrons. The van der Waals surface area contributed by atoms with E-state index >= 15 is 0 Å². The number of nitriles is 1. The zero-order valence-electron chi connectivity index (χ0n) is 17.0. The van der Waals surface area contributed by atoms with Gasteiger partial charge in [0.15, 0.2) is 11.6 Å². The van der Waals surface area contributed by atoms with Gasteiger partial charge in [0.05, 0.1) is 37.2 Å². The number of hydrogen-bond acceptors (Lipinski definition) is 8. The molecule has 0 aliphatic rings. The molecule has 3 heterocycles. The van der Waals surface area contributed by atoms with Gasteiger partial charge in [-0.05, 0) is 24.6 Å². The highest BCUT2D eigenvalue weighted by atomic mass is 35.5. The van der Waals surface area contributed by atoms with Crippen molar-refractivity contribution in [1.82, 2.24) is 34.7 Å². The molecular weight excluding hydrogens is 418 g/mol. The predicted octanol–water partition coefficient (Wildman–Crippen LogP) is 2.99. The first kappa shape index (κ1) is 20.5. The summed E-state index contributed by atoms with van der Waals surface area (Å²) < 4.78 is 3.38. The van der Waals surface area contributed by atoms with Crippen molar-refractivity contribution < 1.29 is 4.84 Å². The van der Waals surface area contributed by atoms with Crippen molar-refractivity contribution in [3.05, 3.63) is 58.5 Å². The quantitative estimate of drug-likeness (QED) is 0.459. The Kier molecular flexibility index (Phi) is 5.62. The first-order valence-corrected chi connectivity index (χ1v) is 9.63. The number of nitrogens with zero attached hydrogens (tertiary/aromatic N) is 8. The maximum absolute atomic E-state index is 9.36. The number of aromatic nitrogens is 7. The van der Waals surface area contributed by atoms with E-state index in [1.165, 1.54) is 7.11 Å².